The number of nitrogens with one attached hydrogen (secondary N) is 1. The van der Waals surface area contributed by atoms with Crippen molar-refractivity contribution in [2.75, 3.05) is 36.5 Å². The number of anilines is 2. The Kier molecular flexibility index (Phi) is 7.58. The summed E-state index contributed by atoms with van der Waals surface area (Å²) in [5, 5.41) is 1.21. The van der Waals surface area contributed by atoms with Crippen molar-refractivity contribution in [3.63, 3.8) is 0 Å². The zero-order valence-corrected chi connectivity index (χ0v) is 21.4. The van der Waals surface area contributed by atoms with E-state index in [0.29, 0.717) is 43.7 Å². The minimum atomic E-state index is -4.90. The van der Waals surface area contributed by atoms with Crippen LogP contribution in [0.3, 0.4) is 0 Å². The van der Waals surface area contributed by atoms with Crippen LogP contribution in [0, 0.1) is 17.5 Å². The van der Waals surface area contributed by atoms with Crippen LogP contribution in [0.25, 0.3) is 11.0 Å². The number of amides is 1. The third-order valence-corrected chi connectivity index (χ3v) is 6.62. The molecule has 0 bridgehead atoms. The molecule has 1 aliphatic heterocycles. The Balaban J connectivity index is 1.48. The molecule has 1 saturated heterocycles. The minimum Gasteiger partial charge on any atom is -0.378 e. The fourth-order valence-electron chi connectivity index (χ4n) is 4.20. The highest BCUT2D eigenvalue weighted by Crippen LogP contribution is 2.35. The summed E-state index contributed by atoms with van der Waals surface area (Å²) in [6, 6.07) is 6.30. The Morgan fingerprint density at radius 1 is 0.927 bits per heavy atom. The van der Waals surface area contributed by atoms with Crippen LogP contribution in [0.5, 0.6) is 0 Å². The molecule has 0 aliphatic carbocycles. The summed E-state index contributed by atoms with van der Waals surface area (Å²) >= 11 is 5.55. The summed E-state index contributed by atoms with van der Waals surface area (Å²) in [6.07, 6.45) is -3.36. The number of hydrogen-bond acceptors (Lipinski definition) is 6. The molecule has 1 aliphatic rings. The average molecular weight is 595 g/mol. The number of alkyl halides is 3. The summed E-state index contributed by atoms with van der Waals surface area (Å²) < 4.78 is 89.5. The Morgan fingerprint density at radius 3 is 2.34 bits per heavy atom. The lowest BCUT2D eigenvalue weighted by Gasteiger charge is -2.27. The van der Waals surface area contributed by atoms with E-state index in [-0.39, 0.29) is 17.1 Å². The SMILES string of the molecule is O=C(Nc1cc(F)c(F)c(C(=O)c2ccc3ncc(N4CCOCC4)nc3c2)c1F)c1ccc(Cl)c(C(F)(F)F)c1. The van der Waals surface area contributed by atoms with Crippen molar-refractivity contribution < 1.29 is 40.7 Å². The van der Waals surface area contributed by atoms with Crippen LogP contribution in [0.15, 0.2) is 48.7 Å². The molecule has 0 atom stereocenters. The third kappa shape index (κ3) is 5.68. The molecule has 1 N–H and O–H groups in total. The molecule has 212 valence electrons. The first kappa shape index (κ1) is 28.3. The van der Waals surface area contributed by atoms with Crippen molar-refractivity contribution in [1.82, 2.24) is 9.97 Å². The van der Waals surface area contributed by atoms with E-state index in [0.717, 1.165) is 12.1 Å². The maximum absolute atomic E-state index is 15.4. The second-order valence-corrected chi connectivity index (χ2v) is 9.32. The van der Waals surface area contributed by atoms with Crippen LogP contribution in [0.2, 0.25) is 5.02 Å². The van der Waals surface area contributed by atoms with Gasteiger partial charge in [-0.25, -0.2) is 18.2 Å². The van der Waals surface area contributed by atoms with Crippen molar-refractivity contribution in [3.8, 4) is 0 Å². The van der Waals surface area contributed by atoms with Gasteiger partial charge in [-0.1, -0.05) is 11.6 Å². The number of carbonyl (C=O) groups excluding carboxylic acids is 2. The van der Waals surface area contributed by atoms with Gasteiger partial charge in [0, 0.05) is 30.3 Å². The van der Waals surface area contributed by atoms with Gasteiger partial charge in [0.1, 0.15) is 5.82 Å². The van der Waals surface area contributed by atoms with E-state index < -0.39 is 62.7 Å². The van der Waals surface area contributed by atoms with Gasteiger partial charge in [0.25, 0.3) is 5.91 Å². The van der Waals surface area contributed by atoms with E-state index >= 15 is 4.39 Å². The molecule has 1 fully saturated rings. The lowest BCUT2D eigenvalue weighted by Crippen LogP contribution is -2.36. The molecule has 2 heterocycles. The number of ketones is 1. The average Bonchev–Trinajstić information content (AvgIpc) is 2.95. The number of carbonyl (C=O) groups is 2. The van der Waals surface area contributed by atoms with Crippen LogP contribution in [0.4, 0.5) is 37.8 Å². The smallest absolute Gasteiger partial charge is 0.378 e. The molecule has 1 amide bonds. The summed E-state index contributed by atoms with van der Waals surface area (Å²) in [6.45, 7) is 2.08. The fourth-order valence-corrected chi connectivity index (χ4v) is 4.43. The van der Waals surface area contributed by atoms with Crippen molar-refractivity contribution in [1.29, 1.82) is 0 Å². The molecular weight excluding hydrogens is 578 g/mol. The van der Waals surface area contributed by atoms with E-state index in [4.69, 9.17) is 16.3 Å². The largest absolute Gasteiger partial charge is 0.417 e. The van der Waals surface area contributed by atoms with E-state index in [9.17, 15) is 31.5 Å². The fraction of sp³-hybridized carbons (Fsp3) is 0.185. The molecule has 0 radical (unpaired) electrons. The monoisotopic (exact) mass is 594 g/mol. The van der Waals surface area contributed by atoms with Crippen LogP contribution < -0.4 is 10.2 Å². The highest BCUT2D eigenvalue weighted by atomic mass is 35.5. The number of fused-ring (bicyclic) bond motifs is 1. The normalized spacial score (nSPS) is 13.9. The predicted molar refractivity (Wildman–Crippen MR) is 137 cm³/mol. The van der Waals surface area contributed by atoms with Gasteiger partial charge in [-0.3, -0.25) is 14.6 Å². The summed E-state index contributed by atoms with van der Waals surface area (Å²) in [5.74, 6) is -7.17. The number of rotatable bonds is 5. The van der Waals surface area contributed by atoms with Gasteiger partial charge in [0.15, 0.2) is 23.2 Å². The standard InChI is InChI=1S/C27H17ClF6N4O3/c28-16-3-1-14(9-15(16)27(32,33)34)26(40)37-20-11-17(29)23(30)22(24(20)31)25(39)13-2-4-18-19(10-13)36-21(12-35-18)38-5-7-41-8-6-38/h1-4,9-12H,5-8H2,(H,37,40). The highest BCUT2D eigenvalue weighted by molar-refractivity contribution is 6.31. The van der Waals surface area contributed by atoms with Gasteiger partial charge in [-0.15, -0.1) is 0 Å². The number of ether oxygens (including phenoxy) is 1. The molecule has 14 heteroatoms. The van der Waals surface area contributed by atoms with Crippen LogP contribution in [-0.4, -0.2) is 48.0 Å². The minimum absolute atomic E-state index is 0.230. The molecule has 7 nitrogen and oxygen atoms in total. The number of benzene rings is 3. The Labute approximate surface area is 232 Å². The molecule has 0 saturated carbocycles. The molecular formula is C27H17ClF6N4O3. The molecule has 0 unspecified atom stereocenters. The maximum Gasteiger partial charge on any atom is 0.417 e. The summed E-state index contributed by atoms with van der Waals surface area (Å²) in [4.78, 5) is 36.5. The van der Waals surface area contributed by atoms with Gasteiger partial charge < -0.3 is 15.0 Å². The number of nitrogens with zero attached hydrogens (tertiary/aromatic N) is 3. The quantitative estimate of drug-likeness (QED) is 0.172. The molecule has 41 heavy (non-hydrogen) atoms. The number of aromatic nitrogens is 2. The molecule has 0 spiro atoms. The lowest BCUT2D eigenvalue weighted by atomic mass is 10.00. The van der Waals surface area contributed by atoms with Crippen LogP contribution in [-0.2, 0) is 10.9 Å². The summed E-state index contributed by atoms with van der Waals surface area (Å²) in [5.41, 5.74) is -3.84. The van der Waals surface area contributed by atoms with Gasteiger partial charge in [-0.2, -0.15) is 13.2 Å². The number of halogens is 7. The Morgan fingerprint density at radius 2 is 1.63 bits per heavy atom. The number of morpholine rings is 1. The second-order valence-electron chi connectivity index (χ2n) is 8.92. The van der Waals surface area contributed by atoms with E-state index in [1.54, 1.807) is 0 Å². The third-order valence-electron chi connectivity index (χ3n) is 6.29. The van der Waals surface area contributed by atoms with Crippen molar-refractivity contribution in [2.45, 2.75) is 6.18 Å². The van der Waals surface area contributed by atoms with Crippen LogP contribution >= 0.6 is 11.6 Å². The van der Waals surface area contributed by atoms with Crippen molar-refractivity contribution in [3.05, 3.63) is 93.4 Å². The zero-order chi connectivity index (χ0) is 29.5. The lowest BCUT2D eigenvalue weighted by molar-refractivity contribution is -0.137. The number of hydrogen-bond donors (Lipinski definition) is 1. The first-order valence-electron chi connectivity index (χ1n) is 11.9. The van der Waals surface area contributed by atoms with Crippen LogP contribution in [0.1, 0.15) is 31.8 Å². The predicted octanol–water partition coefficient (Wildman–Crippen LogP) is 6.04. The maximum atomic E-state index is 15.4. The second kappa shape index (κ2) is 11.0. The first-order valence-corrected chi connectivity index (χ1v) is 12.3. The van der Waals surface area contributed by atoms with Gasteiger partial charge in [0.05, 0.1) is 52.3 Å². The van der Waals surface area contributed by atoms with Gasteiger partial charge in [-0.05, 0) is 36.4 Å². The molecule has 5 rings (SSSR count). The Hall–Kier alpha value is -4.23. The topological polar surface area (TPSA) is 84.4 Å². The summed E-state index contributed by atoms with van der Waals surface area (Å²) in [7, 11) is 0. The van der Waals surface area contributed by atoms with Gasteiger partial charge in [0.2, 0.25) is 0 Å². The zero-order valence-electron chi connectivity index (χ0n) is 20.7. The van der Waals surface area contributed by atoms with Crippen molar-refractivity contribution >= 4 is 45.8 Å². The molecule has 1 aromatic heterocycles. The highest BCUT2D eigenvalue weighted by Gasteiger charge is 2.34. The Bertz CT molecular complexity index is 1690. The molecule has 3 aromatic carbocycles. The first-order chi connectivity index (χ1) is 19.4. The van der Waals surface area contributed by atoms with E-state index in [2.05, 4.69) is 9.97 Å². The van der Waals surface area contributed by atoms with E-state index in [1.165, 1.54) is 24.4 Å². The van der Waals surface area contributed by atoms with Gasteiger partial charge >= 0.3 is 6.18 Å². The van der Waals surface area contributed by atoms with Crippen molar-refractivity contribution in [2.24, 2.45) is 0 Å². The molecule has 4 aromatic rings. The van der Waals surface area contributed by atoms with E-state index in [1.807, 2.05) is 10.2 Å².